The van der Waals surface area contributed by atoms with Crippen LogP contribution in [0.4, 0.5) is 5.69 Å². The van der Waals surface area contributed by atoms with Crippen LogP contribution in [0, 0.1) is 0 Å². The summed E-state index contributed by atoms with van der Waals surface area (Å²) < 4.78 is 0.897. The zero-order valence-corrected chi connectivity index (χ0v) is 13.7. The van der Waals surface area contributed by atoms with Crippen LogP contribution in [0.25, 0.3) is 5.57 Å². The fourth-order valence-electron chi connectivity index (χ4n) is 1.83. The summed E-state index contributed by atoms with van der Waals surface area (Å²) in [5.74, 6) is -1.06. The van der Waals surface area contributed by atoms with Gasteiger partial charge in [-0.25, -0.2) is 4.79 Å². The Hall–Kier alpha value is -1.49. The molecule has 3 N–H and O–H groups in total. The molecule has 0 aliphatic heterocycles. The van der Waals surface area contributed by atoms with Gasteiger partial charge in [-0.1, -0.05) is 51.3 Å². The Labute approximate surface area is 140 Å². The van der Waals surface area contributed by atoms with E-state index in [4.69, 9.17) is 34.0 Å². The number of hydrogen-bond acceptors (Lipinski definition) is 2. The molecule has 2 aromatic rings. The molecule has 0 amide bonds. The molecule has 0 atom stereocenters. The molecular formula is C15H10BrCl2NO2. The van der Waals surface area contributed by atoms with Crippen molar-refractivity contribution in [1.29, 1.82) is 0 Å². The second kappa shape index (κ2) is 6.52. The molecule has 0 unspecified atom stereocenters. The molecular weight excluding hydrogens is 377 g/mol. The van der Waals surface area contributed by atoms with Gasteiger partial charge >= 0.3 is 5.97 Å². The number of carboxylic acids is 1. The standard InChI is InChI=1S/C15H10BrCl2NO2/c16-10-3-1-8(2-4-10)11(7-14(20)21)9-5-12(17)15(19)13(18)6-9/h1-7H,19H2,(H,20,21)/b11-7+. The highest BCUT2D eigenvalue weighted by atomic mass is 79.9. The van der Waals surface area contributed by atoms with E-state index in [9.17, 15) is 4.79 Å². The SMILES string of the molecule is Nc1c(Cl)cc(/C(=C/C(=O)O)c2ccc(Br)cc2)cc1Cl. The first-order chi connectivity index (χ1) is 9.88. The van der Waals surface area contributed by atoms with Crippen LogP contribution in [0.5, 0.6) is 0 Å². The minimum atomic E-state index is -1.06. The smallest absolute Gasteiger partial charge is 0.328 e. The Morgan fingerprint density at radius 2 is 1.62 bits per heavy atom. The summed E-state index contributed by atoms with van der Waals surface area (Å²) in [5.41, 5.74) is 7.80. The van der Waals surface area contributed by atoms with Crippen LogP contribution in [0.1, 0.15) is 11.1 Å². The van der Waals surface area contributed by atoms with Crippen molar-refractivity contribution in [3.8, 4) is 0 Å². The van der Waals surface area contributed by atoms with Gasteiger partial charge in [0.25, 0.3) is 0 Å². The predicted molar refractivity (Wildman–Crippen MR) is 89.7 cm³/mol. The van der Waals surface area contributed by atoms with Gasteiger partial charge in [0.1, 0.15) is 0 Å². The molecule has 21 heavy (non-hydrogen) atoms. The lowest BCUT2D eigenvalue weighted by atomic mass is 9.97. The predicted octanol–water partition coefficient (Wildman–Crippen LogP) is 4.85. The highest BCUT2D eigenvalue weighted by molar-refractivity contribution is 9.10. The lowest BCUT2D eigenvalue weighted by molar-refractivity contribution is -0.131. The van der Waals surface area contributed by atoms with Crippen molar-refractivity contribution in [2.45, 2.75) is 0 Å². The van der Waals surface area contributed by atoms with Crippen molar-refractivity contribution in [2.75, 3.05) is 5.73 Å². The van der Waals surface area contributed by atoms with Gasteiger partial charge in [-0.05, 0) is 41.0 Å². The number of carboxylic acid groups (broad SMARTS) is 1. The van der Waals surface area contributed by atoms with Gasteiger partial charge in [0.05, 0.1) is 15.7 Å². The Morgan fingerprint density at radius 1 is 1.10 bits per heavy atom. The zero-order valence-electron chi connectivity index (χ0n) is 10.6. The van der Waals surface area contributed by atoms with Gasteiger partial charge in [0, 0.05) is 10.5 Å². The fourth-order valence-corrected chi connectivity index (χ4v) is 2.58. The molecule has 0 fully saturated rings. The van der Waals surface area contributed by atoms with Gasteiger partial charge in [0.15, 0.2) is 0 Å². The molecule has 0 saturated carbocycles. The maximum absolute atomic E-state index is 11.1. The lowest BCUT2D eigenvalue weighted by Crippen LogP contribution is -1.97. The highest BCUT2D eigenvalue weighted by Gasteiger charge is 2.12. The van der Waals surface area contributed by atoms with Gasteiger partial charge in [-0.15, -0.1) is 0 Å². The molecule has 0 saturated heterocycles. The van der Waals surface area contributed by atoms with Gasteiger partial charge in [0.2, 0.25) is 0 Å². The summed E-state index contributed by atoms with van der Waals surface area (Å²) in [7, 11) is 0. The average Bonchev–Trinajstić information content (AvgIpc) is 2.42. The normalized spacial score (nSPS) is 11.5. The van der Waals surface area contributed by atoms with Crippen LogP contribution in [0.15, 0.2) is 46.9 Å². The van der Waals surface area contributed by atoms with E-state index < -0.39 is 5.97 Å². The number of halogens is 3. The number of rotatable bonds is 3. The van der Waals surface area contributed by atoms with E-state index in [1.165, 1.54) is 0 Å². The summed E-state index contributed by atoms with van der Waals surface area (Å²) in [6.45, 7) is 0. The molecule has 2 aromatic carbocycles. The maximum atomic E-state index is 11.1. The zero-order chi connectivity index (χ0) is 15.6. The Balaban J connectivity index is 2.62. The van der Waals surface area contributed by atoms with E-state index in [0.717, 1.165) is 16.1 Å². The molecule has 0 aliphatic carbocycles. The fraction of sp³-hybridized carbons (Fsp3) is 0. The van der Waals surface area contributed by atoms with E-state index in [1.54, 1.807) is 24.3 Å². The van der Waals surface area contributed by atoms with Crippen LogP contribution in [0.3, 0.4) is 0 Å². The molecule has 0 aromatic heterocycles. The number of nitrogens with two attached hydrogens (primary N) is 1. The minimum Gasteiger partial charge on any atom is -0.478 e. The molecule has 6 heteroatoms. The first kappa shape index (κ1) is 15.9. The van der Waals surface area contributed by atoms with E-state index in [0.29, 0.717) is 11.1 Å². The molecule has 0 aliphatic rings. The van der Waals surface area contributed by atoms with E-state index >= 15 is 0 Å². The van der Waals surface area contributed by atoms with Crippen LogP contribution in [0.2, 0.25) is 10.0 Å². The Bertz CT molecular complexity index is 704. The number of anilines is 1. The molecule has 0 spiro atoms. The highest BCUT2D eigenvalue weighted by Crippen LogP contribution is 2.34. The largest absolute Gasteiger partial charge is 0.478 e. The third kappa shape index (κ3) is 3.79. The van der Waals surface area contributed by atoms with Crippen molar-refractivity contribution in [1.82, 2.24) is 0 Å². The van der Waals surface area contributed by atoms with Crippen molar-refractivity contribution in [2.24, 2.45) is 0 Å². The van der Waals surface area contributed by atoms with E-state index in [-0.39, 0.29) is 15.7 Å². The number of nitrogen functional groups attached to an aromatic ring is 1. The number of carbonyl (C=O) groups is 1. The third-order valence-electron chi connectivity index (χ3n) is 2.81. The maximum Gasteiger partial charge on any atom is 0.328 e. The van der Waals surface area contributed by atoms with E-state index in [2.05, 4.69) is 15.9 Å². The lowest BCUT2D eigenvalue weighted by Gasteiger charge is -2.11. The van der Waals surface area contributed by atoms with Crippen molar-refractivity contribution >= 4 is 56.4 Å². The van der Waals surface area contributed by atoms with Crippen molar-refractivity contribution < 1.29 is 9.90 Å². The number of benzene rings is 2. The second-order valence-electron chi connectivity index (χ2n) is 4.26. The third-order valence-corrected chi connectivity index (χ3v) is 3.97. The summed E-state index contributed by atoms with van der Waals surface area (Å²) in [6, 6.07) is 10.4. The first-order valence-corrected chi connectivity index (χ1v) is 7.39. The van der Waals surface area contributed by atoms with Gasteiger partial charge in [-0.2, -0.15) is 0 Å². The monoisotopic (exact) mass is 385 g/mol. The van der Waals surface area contributed by atoms with Crippen LogP contribution in [-0.2, 0) is 4.79 Å². The second-order valence-corrected chi connectivity index (χ2v) is 5.99. The van der Waals surface area contributed by atoms with Crippen LogP contribution >= 0.6 is 39.1 Å². The van der Waals surface area contributed by atoms with Crippen LogP contribution in [-0.4, -0.2) is 11.1 Å². The molecule has 3 nitrogen and oxygen atoms in total. The Kier molecular flexibility index (Phi) is 4.93. The molecule has 0 bridgehead atoms. The number of hydrogen-bond donors (Lipinski definition) is 2. The average molecular weight is 387 g/mol. The molecule has 0 radical (unpaired) electrons. The van der Waals surface area contributed by atoms with Gasteiger partial charge in [-0.3, -0.25) is 0 Å². The summed E-state index contributed by atoms with van der Waals surface area (Å²) in [6.07, 6.45) is 1.11. The van der Waals surface area contributed by atoms with Crippen molar-refractivity contribution in [3.63, 3.8) is 0 Å². The Morgan fingerprint density at radius 3 is 2.10 bits per heavy atom. The molecule has 2 rings (SSSR count). The summed E-state index contributed by atoms with van der Waals surface area (Å²) in [5, 5.41) is 9.64. The first-order valence-electron chi connectivity index (χ1n) is 5.84. The molecule has 0 heterocycles. The quantitative estimate of drug-likeness (QED) is 0.585. The topological polar surface area (TPSA) is 63.3 Å². The summed E-state index contributed by atoms with van der Waals surface area (Å²) in [4.78, 5) is 11.1. The van der Waals surface area contributed by atoms with Gasteiger partial charge < -0.3 is 10.8 Å². The summed E-state index contributed by atoms with van der Waals surface area (Å²) >= 11 is 15.4. The van der Waals surface area contributed by atoms with Crippen LogP contribution < -0.4 is 5.73 Å². The number of aliphatic carboxylic acids is 1. The minimum absolute atomic E-state index is 0.271. The van der Waals surface area contributed by atoms with Crippen molar-refractivity contribution in [3.05, 3.63) is 68.1 Å². The van der Waals surface area contributed by atoms with E-state index in [1.807, 2.05) is 12.1 Å². The molecule has 108 valence electrons.